The van der Waals surface area contributed by atoms with Crippen LogP contribution in [0.4, 0.5) is 4.39 Å². The molecule has 0 radical (unpaired) electrons. The molecule has 2 rings (SSSR count). The highest BCUT2D eigenvalue weighted by Gasteiger charge is 2.13. The Morgan fingerprint density at radius 1 is 1.15 bits per heavy atom. The molecule has 0 aromatic heterocycles. The first-order valence-corrected chi connectivity index (χ1v) is 8.62. The van der Waals surface area contributed by atoms with Crippen LogP contribution in [0, 0.1) is 5.82 Å². The summed E-state index contributed by atoms with van der Waals surface area (Å²) in [5, 5.41) is 0.0482. The predicted molar refractivity (Wildman–Crippen MR) is 78.7 cm³/mol. The fourth-order valence-electron chi connectivity index (χ4n) is 1.43. The molecule has 0 N–H and O–H groups in total. The molecule has 0 heterocycles. The van der Waals surface area contributed by atoms with E-state index in [-0.39, 0.29) is 21.4 Å². The van der Waals surface area contributed by atoms with Gasteiger partial charge in [-0.25, -0.2) is 12.8 Å². The lowest BCUT2D eigenvalue weighted by Crippen LogP contribution is -1.92. The summed E-state index contributed by atoms with van der Waals surface area (Å²) >= 11 is 9.04. The van der Waals surface area contributed by atoms with Gasteiger partial charge in [-0.3, -0.25) is 0 Å². The fraction of sp³-hybridized carbons (Fsp3) is 0. The van der Waals surface area contributed by atoms with Crippen LogP contribution in [0.1, 0.15) is 0 Å². The molecule has 0 saturated carbocycles. The van der Waals surface area contributed by atoms with Crippen LogP contribution in [0.3, 0.4) is 0 Å². The van der Waals surface area contributed by atoms with Crippen molar-refractivity contribution in [2.45, 2.75) is 4.90 Å². The van der Waals surface area contributed by atoms with Crippen molar-refractivity contribution in [2.75, 3.05) is 0 Å². The first-order valence-electron chi connectivity index (χ1n) is 5.14. The van der Waals surface area contributed by atoms with Crippen molar-refractivity contribution >= 4 is 47.3 Å². The quantitative estimate of drug-likeness (QED) is 0.685. The van der Waals surface area contributed by atoms with Gasteiger partial charge in [0.2, 0.25) is 0 Å². The van der Waals surface area contributed by atoms with Crippen LogP contribution in [0.25, 0.3) is 0 Å². The van der Waals surface area contributed by atoms with E-state index >= 15 is 0 Å². The van der Waals surface area contributed by atoms with Crippen LogP contribution in [0.5, 0.6) is 11.5 Å². The van der Waals surface area contributed by atoms with Gasteiger partial charge in [-0.15, -0.1) is 0 Å². The molecule has 0 bridgehead atoms. The zero-order valence-electron chi connectivity index (χ0n) is 9.61. The van der Waals surface area contributed by atoms with E-state index in [0.29, 0.717) is 4.47 Å². The monoisotopic (exact) mass is 398 g/mol. The van der Waals surface area contributed by atoms with E-state index in [1.165, 1.54) is 24.3 Å². The molecular weight excluding hydrogens is 394 g/mol. The number of hydrogen-bond donors (Lipinski definition) is 0. The third-order valence-electron chi connectivity index (χ3n) is 2.25. The van der Waals surface area contributed by atoms with Gasteiger partial charge in [0.1, 0.15) is 17.3 Å². The topological polar surface area (TPSA) is 43.4 Å². The number of hydrogen-bond acceptors (Lipinski definition) is 3. The van der Waals surface area contributed by atoms with Crippen molar-refractivity contribution in [1.29, 1.82) is 0 Å². The summed E-state index contributed by atoms with van der Waals surface area (Å²) in [7, 11) is 1.34. The lowest BCUT2D eigenvalue weighted by molar-refractivity contribution is 0.476. The smallest absolute Gasteiger partial charge is 0.261 e. The Hall–Kier alpha value is -0.820. The lowest BCUT2D eigenvalue weighted by Gasteiger charge is -2.09. The molecule has 0 aliphatic carbocycles. The van der Waals surface area contributed by atoms with Crippen molar-refractivity contribution < 1.29 is 17.5 Å². The Kier molecular flexibility index (Phi) is 4.59. The Morgan fingerprint density at radius 3 is 2.40 bits per heavy atom. The molecule has 3 nitrogen and oxygen atoms in total. The van der Waals surface area contributed by atoms with E-state index in [1.54, 1.807) is 6.07 Å². The standard InChI is InChI=1S/C12H6BrCl2FO3S/c13-7-3-8(16)5-9(4-7)19-12-2-1-10(6-11(12)14)20(15,17)18/h1-6H. The van der Waals surface area contributed by atoms with E-state index in [9.17, 15) is 12.8 Å². The second-order valence-corrected chi connectivity index (χ2v) is 7.63. The molecule has 2 aromatic rings. The Bertz CT molecular complexity index is 745. The summed E-state index contributed by atoms with van der Waals surface area (Å²) in [5.41, 5.74) is 0. The SMILES string of the molecule is O=S(=O)(Cl)c1ccc(Oc2cc(F)cc(Br)c2)c(Cl)c1. The molecule has 0 fully saturated rings. The highest BCUT2D eigenvalue weighted by Crippen LogP contribution is 2.33. The minimum Gasteiger partial charge on any atom is -0.456 e. The van der Waals surface area contributed by atoms with Gasteiger partial charge >= 0.3 is 0 Å². The van der Waals surface area contributed by atoms with Crippen molar-refractivity contribution in [1.82, 2.24) is 0 Å². The first kappa shape index (κ1) is 15.6. The normalized spacial score (nSPS) is 11.4. The second kappa shape index (κ2) is 5.89. The molecule has 106 valence electrons. The average molecular weight is 400 g/mol. The van der Waals surface area contributed by atoms with Crippen LogP contribution >= 0.6 is 38.2 Å². The summed E-state index contributed by atoms with van der Waals surface area (Å²) < 4.78 is 41.4. The number of ether oxygens (including phenoxy) is 1. The van der Waals surface area contributed by atoms with Gasteiger partial charge in [-0.05, 0) is 30.3 Å². The number of halogens is 4. The molecule has 8 heteroatoms. The Labute approximate surface area is 132 Å². The van der Waals surface area contributed by atoms with Crippen LogP contribution in [-0.2, 0) is 9.05 Å². The third kappa shape index (κ3) is 3.85. The summed E-state index contributed by atoms with van der Waals surface area (Å²) in [6.07, 6.45) is 0. The fourth-order valence-corrected chi connectivity index (χ4v) is 2.94. The van der Waals surface area contributed by atoms with Gasteiger partial charge in [0.05, 0.1) is 9.92 Å². The van der Waals surface area contributed by atoms with E-state index in [2.05, 4.69) is 15.9 Å². The zero-order chi connectivity index (χ0) is 14.9. The maximum Gasteiger partial charge on any atom is 0.261 e. The van der Waals surface area contributed by atoms with Crippen molar-refractivity contribution in [3.63, 3.8) is 0 Å². The van der Waals surface area contributed by atoms with E-state index in [0.717, 1.165) is 6.07 Å². The third-order valence-corrected chi connectivity index (χ3v) is 4.35. The summed E-state index contributed by atoms with van der Waals surface area (Å²) in [4.78, 5) is -0.142. The molecule has 0 spiro atoms. The average Bonchev–Trinajstić information content (AvgIpc) is 2.29. The van der Waals surface area contributed by atoms with Crippen molar-refractivity contribution in [2.24, 2.45) is 0 Å². The van der Waals surface area contributed by atoms with E-state index < -0.39 is 14.9 Å². The first-order chi connectivity index (χ1) is 9.25. The van der Waals surface area contributed by atoms with Gasteiger partial charge < -0.3 is 4.74 Å². The second-order valence-electron chi connectivity index (χ2n) is 3.74. The zero-order valence-corrected chi connectivity index (χ0v) is 13.5. The molecule has 0 saturated heterocycles. The molecule has 0 amide bonds. The molecule has 0 aliphatic heterocycles. The molecule has 0 aliphatic rings. The molecule has 0 unspecified atom stereocenters. The Morgan fingerprint density at radius 2 is 1.85 bits per heavy atom. The predicted octanol–water partition coefficient (Wildman–Crippen LogP) is 4.96. The van der Waals surface area contributed by atoms with Crippen LogP contribution in [-0.4, -0.2) is 8.42 Å². The van der Waals surface area contributed by atoms with Crippen molar-refractivity contribution in [3.8, 4) is 11.5 Å². The minimum atomic E-state index is -3.86. The van der Waals surface area contributed by atoms with E-state index in [4.69, 9.17) is 27.0 Å². The highest BCUT2D eigenvalue weighted by atomic mass is 79.9. The van der Waals surface area contributed by atoms with E-state index in [1.807, 2.05) is 0 Å². The summed E-state index contributed by atoms with van der Waals surface area (Å²) in [6, 6.07) is 7.75. The number of rotatable bonds is 3. The van der Waals surface area contributed by atoms with Gasteiger partial charge in [-0.1, -0.05) is 27.5 Å². The molecule has 20 heavy (non-hydrogen) atoms. The van der Waals surface area contributed by atoms with Crippen LogP contribution in [0.15, 0.2) is 45.8 Å². The Balaban J connectivity index is 2.35. The largest absolute Gasteiger partial charge is 0.456 e. The lowest BCUT2D eigenvalue weighted by atomic mass is 10.3. The highest BCUT2D eigenvalue weighted by molar-refractivity contribution is 9.10. The van der Waals surface area contributed by atoms with Gasteiger partial charge in [0.25, 0.3) is 9.05 Å². The molecule has 2 aromatic carbocycles. The van der Waals surface area contributed by atoms with Crippen LogP contribution < -0.4 is 4.74 Å². The van der Waals surface area contributed by atoms with Crippen molar-refractivity contribution in [3.05, 3.63) is 51.7 Å². The summed E-state index contributed by atoms with van der Waals surface area (Å²) in [6.45, 7) is 0. The van der Waals surface area contributed by atoms with Crippen LogP contribution in [0.2, 0.25) is 5.02 Å². The molecular formula is C12H6BrCl2FO3S. The molecule has 0 atom stereocenters. The van der Waals surface area contributed by atoms with Gasteiger partial charge in [0, 0.05) is 21.2 Å². The minimum absolute atomic E-state index is 0.0482. The maximum absolute atomic E-state index is 13.2. The van der Waals surface area contributed by atoms with Gasteiger partial charge in [0.15, 0.2) is 0 Å². The number of benzene rings is 2. The maximum atomic E-state index is 13.2. The van der Waals surface area contributed by atoms with Gasteiger partial charge in [-0.2, -0.15) is 0 Å². The summed E-state index contributed by atoms with van der Waals surface area (Å²) in [5.74, 6) is -0.0704.